The lowest BCUT2D eigenvalue weighted by Gasteiger charge is -2.22. The molecule has 0 fully saturated rings. The van der Waals surface area contributed by atoms with Crippen molar-refractivity contribution in [2.24, 2.45) is 4.99 Å². The van der Waals surface area contributed by atoms with E-state index < -0.39 is 10.9 Å². The van der Waals surface area contributed by atoms with Gasteiger partial charge in [-0.05, 0) is 26.0 Å². The van der Waals surface area contributed by atoms with E-state index in [4.69, 9.17) is 9.47 Å². The summed E-state index contributed by atoms with van der Waals surface area (Å²) >= 11 is 1.37. The van der Waals surface area contributed by atoms with Crippen LogP contribution in [0.1, 0.15) is 33.3 Å². The predicted molar refractivity (Wildman–Crippen MR) is 109 cm³/mol. The zero-order chi connectivity index (χ0) is 21.1. The summed E-state index contributed by atoms with van der Waals surface area (Å²) in [6, 6.07) is 2.37. The number of nitrogens with zero attached hydrogens (tertiary/aromatic N) is 3. The normalized spacial score (nSPS) is 14.0. The summed E-state index contributed by atoms with van der Waals surface area (Å²) in [5, 5.41) is 22.0. The number of likely N-dealkylation sites (N-methyl/N-ethyl adjacent to an activating group) is 1. The summed E-state index contributed by atoms with van der Waals surface area (Å²) in [4.78, 5) is 30.5. The van der Waals surface area contributed by atoms with E-state index in [1.54, 1.807) is 6.92 Å². The molecule has 29 heavy (non-hydrogen) atoms. The van der Waals surface area contributed by atoms with Gasteiger partial charge >= 0.3 is 5.97 Å². The van der Waals surface area contributed by atoms with Crippen LogP contribution in [-0.4, -0.2) is 54.4 Å². The van der Waals surface area contributed by atoms with Crippen molar-refractivity contribution >= 4 is 34.2 Å². The SMILES string of the molecule is CCOc1cc([N+](=O)[O-])cc(/C=N/c2sc3c(c2C(=O)OC)CCN(C)C3)c1O. The van der Waals surface area contributed by atoms with Crippen molar-refractivity contribution in [1.29, 1.82) is 0 Å². The maximum absolute atomic E-state index is 12.3. The summed E-state index contributed by atoms with van der Waals surface area (Å²) < 4.78 is 10.2. The second-order valence-corrected chi connectivity index (χ2v) is 7.58. The number of hydrogen-bond acceptors (Lipinski definition) is 9. The number of rotatable bonds is 6. The summed E-state index contributed by atoms with van der Waals surface area (Å²) in [7, 11) is 3.31. The third kappa shape index (κ3) is 4.22. The minimum atomic E-state index is -0.571. The molecule has 0 spiro atoms. The highest BCUT2D eigenvalue weighted by molar-refractivity contribution is 7.16. The minimum absolute atomic E-state index is 0.00319. The number of aromatic hydroxyl groups is 1. The van der Waals surface area contributed by atoms with Crippen molar-refractivity contribution in [3.63, 3.8) is 0 Å². The molecule has 1 aromatic heterocycles. The highest BCUT2D eigenvalue weighted by Gasteiger charge is 2.27. The molecule has 1 aromatic carbocycles. The van der Waals surface area contributed by atoms with Gasteiger partial charge in [0.25, 0.3) is 5.69 Å². The van der Waals surface area contributed by atoms with E-state index >= 15 is 0 Å². The van der Waals surface area contributed by atoms with Gasteiger partial charge < -0.3 is 19.5 Å². The van der Waals surface area contributed by atoms with Crippen LogP contribution >= 0.6 is 11.3 Å². The van der Waals surface area contributed by atoms with Crippen molar-refractivity contribution < 1.29 is 24.3 Å². The number of methoxy groups -OCH3 is 1. The molecule has 1 aliphatic rings. The van der Waals surface area contributed by atoms with Gasteiger partial charge in [-0.3, -0.25) is 10.1 Å². The maximum atomic E-state index is 12.3. The molecular formula is C19H21N3O6S. The largest absolute Gasteiger partial charge is 0.504 e. The first kappa shape index (κ1) is 20.7. The average molecular weight is 419 g/mol. The third-order valence-electron chi connectivity index (χ3n) is 4.54. The summed E-state index contributed by atoms with van der Waals surface area (Å²) in [5.41, 5.74) is 1.23. The molecule has 0 radical (unpaired) electrons. The zero-order valence-corrected chi connectivity index (χ0v) is 17.1. The molecule has 2 aromatic rings. The molecule has 10 heteroatoms. The Morgan fingerprint density at radius 3 is 2.90 bits per heavy atom. The van der Waals surface area contributed by atoms with E-state index in [9.17, 15) is 20.0 Å². The molecule has 0 saturated heterocycles. The van der Waals surface area contributed by atoms with Gasteiger partial charge in [0.1, 0.15) is 5.00 Å². The van der Waals surface area contributed by atoms with Crippen LogP contribution in [0.4, 0.5) is 10.7 Å². The van der Waals surface area contributed by atoms with Gasteiger partial charge in [0, 0.05) is 35.8 Å². The fourth-order valence-corrected chi connectivity index (χ4v) is 4.39. The number of aliphatic imine (C=N–C) groups is 1. The fraction of sp³-hybridized carbons (Fsp3) is 0.368. The highest BCUT2D eigenvalue weighted by atomic mass is 32.1. The van der Waals surface area contributed by atoms with Gasteiger partial charge in [-0.15, -0.1) is 11.3 Å². The van der Waals surface area contributed by atoms with Gasteiger partial charge in [-0.1, -0.05) is 0 Å². The van der Waals surface area contributed by atoms with E-state index in [1.165, 1.54) is 30.7 Å². The van der Waals surface area contributed by atoms with E-state index in [2.05, 4.69) is 9.89 Å². The molecule has 0 bridgehead atoms. The molecule has 1 aliphatic heterocycles. The second kappa shape index (κ2) is 8.58. The quantitative estimate of drug-likeness (QED) is 0.331. The monoisotopic (exact) mass is 419 g/mol. The van der Waals surface area contributed by atoms with Gasteiger partial charge in [-0.25, -0.2) is 9.79 Å². The van der Waals surface area contributed by atoms with Crippen LogP contribution in [0.3, 0.4) is 0 Å². The van der Waals surface area contributed by atoms with Crippen molar-refractivity contribution in [3.05, 3.63) is 43.8 Å². The second-order valence-electron chi connectivity index (χ2n) is 6.49. The van der Waals surface area contributed by atoms with Crippen LogP contribution in [0.2, 0.25) is 0 Å². The molecular weight excluding hydrogens is 398 g/mol. The van der Waals surface area contributed by atoms with Crippen molar-refractivity contribution in [2.45, 2.75) is 19.9 Å². The number of ether oxygens (including phenoxy) is 2. The standard InChI is InChI=1S/C19H21N3O6S/c1-4-28-14-8-12(22(25)26)7-11(17(14)23)9-20-18-16(19(24)27-3)13-5-6-21(2)10-15(13)29-18/h7-9,23H,4-6,10H2,1-3H3/b20-9+. The lowest BCUT2D eigenvalue weighted by atomic mass is 10.0. The molecule has 0 aliphatic carbocycles. The average Bonchev–Trinajstić information content (AvgIpc) is 3.05. The van der Waals surface area contributed by atoms with Crippen LogP contribution in [0.25, 0.3) is 0 Å². The zero-order valence-electron chi connectivity index (χ0n) is 16.3. The smallest absolute Gasteiger partial charge is 0.341 e. The molecule has 2 heterocycles. The van der Waals surface area contributed by atoms with Crippen molar-refractivity contribution in [3.8, 4) is 11.5 Å². The topological polar surface area (TPSA) is 115 Å². The fourth-order valence-electron chi connectivity index (χ4n) is 3.13. The number of non-ortho nitro benzene ring substituents is 1. The van der Waals surface area contributed by atoms with E-state index in [1.807, 2.05) is 7.05 Å². The van der Waals surface area contributed by atoms with Crippen LogP contribution in [0.5, 0.6) is 11.5 Å². The van der Waals surface area contributed by atoms with Crippen molar-refractivity contribution in [2.75, 3.05) is 27.3 Å². The molecule has 0 unspecified atom stereocenters. The molecule has 154 valence electrons. The molecule has 9 nitrogen and oxygen atoms in total. The first-order valence-corrected chi connectivity index (χ1v) is 9.77. The summed E-state index contributed by atoms with van der Waals surface area (Å²) in [6.45, 7) is 3.47. The van der Waals surface area contributed by atoms with Crippen molar-refractivity contribution in [1.82, 2.24) is 4.90 Å². The van der Waals surface area contributed by atoms with Crippen LogP contribution in [0, 0.1) is 10.1 Å². The van der Waals surface area contributed by atoms with Crippen LogP contribution < -0.4 is 4.74 Å². The Kier molecular flexibility index (Phi) is 6.14. The molecule has 0 saturated carbocycles. The Morgan fingerprint density at radius 1 is 1.48 bits per heavy atom. The molecule has 0 atom stereocenters. The summed E-state index contributed by atoms with van der Waals surface area (Å²) in [5.74, 6) is -0.720. The number of benzene rings is 1. The Labute approximate surface area is 171 Å². The maximum Gasteiger partial charge on any atom is 0.341 e. The first-order chi connectivity index (χ1) is 13.8. The number of nitro groups is 1. The number of esters is 1. The number of nitro benzene ring substituents is 1. The number of fused-ring (bicyclic) bond motifs is 1. The minimum Gasteiger partial charge on any atom is -0.504 e. The van der Waals surface area contributed by atoms with Gasteiger partial charge in [0.2, 0.25) is 0 Å². The lowest BCUT2D eigenvalue weighted by molar-refractivity contribution is -0.385. The molecule has 0 amide bonds. The van der Waals surface area contributed by atoms with Crippen LogP contribution in [0.15, 0.2) is 17.1 Å². The van der Waals surface area contributed by atoms with Gasteiger partial charge in [-0.2, -0.15) is 0 Å². The molecule has 3 rings (SSSR count). The van der Waals surface area contributed by atoms with Gasteiger partial charge in [0.15, 0.2) is 11.5 Å². The van der Waals surface area contributed by atoms with Crippen LogP contribution in [-0.2, 0) is 17.7 Å². The number of phenolic OH excluding ortho intramolecular Hbond substituents is 1. The number of phenols is 1. The van der Waals surface area contributed by atoms with E-state index in [0.717, 1.165) is 23.1 Å². The lowest BCUT2D eigenvalue weighted by Crippen LogP contribution is -2.26. The van der Waals surface area contributed by atoms with E-state index in [0.29, 0.717) is 23.5 Å². The molecule has 1 N–H and O–H groups in total. The number of carbonyl (C=O) groups excluding carboxylic acids is 1. The third-order valence-corrected chi connectivity index (χ3v) is 5.66. The Balaban J connectivity index is 2.06. The Bertz CT molecular complexity index is 985. The number of carbonyl (C=O) groups is 1. The van der Waals surface area contributed by atoms with Gasteiger partial charge in [0.05, 0.1) is 30.3 Å². The Hall–Kier alpha value is -2.98. The van der Waals surface area contributed by atoms with E-state index in [-0.39, 0.29) is 29.4 Å². The Morgan fingerprint density at radius 2 is 2.24 bits per heavy atom. The summed E-state index contributed by atoms with van der Waals surface area (Å²) in [6.07, 6.45) is 2.01. The number of thiophene rings is 1. The predicted octanol–water partition coefficient (Wildman–Crippen LogP) is 3.29. The number of hydrogen-bond donors (Lipinski definition) is 1. The highest BCUT2D eigenvalue weighted by Crippen LogP contribution is 2.40. The first-order valence-electron chi connectivity index (χ1n) is 8.95.